The summed E-state index contributed by atoms with van der Waals surface area (Å²) in [6.07, 6.45) is 10.0. The highest BCUT2D eigenvalue weighted by atomic mass is 31.2. The minimum Gasteiger partial charge on any atom is -0.462 e. The van der Waals surface area contributed by atoms with Gasteiger partial charge >= 0.3 is 19.8 Å². The van der Waals surface area contributed by atoms with Crippen molar-refractivity contribution < 1.29 is 87.9 Å². The molecule has 0 aromatic rings. The summed E-state index contributed by atoms with van der Waals surface area (Å²) in [6, 6.07) is 0. The molecular formula is C49H91O18P. The number of hydrogen-bond donors (Lipinski definition) is 9. The van der Waals surface area contributed by atoms with Crippen molar-refractivity contribution in [3.05, 3.63) is 12.2 Å². The molecule has 0 radical (unpaired) electrons. The topological polar surface area (TPSA) is 289 Å². The Morgan fingerprint density at radius 3 is 1.46 bits per heavy atom. The van der Waals surface area contributed by atoms with Gasteiger partial charge in [-0.25, -0.2) is 4.57 Å². The van der Waals surface area contributed by atoms with Gasteiger partial charge in [-0.1, -0.05) is 154 Å². The van der Waals surface area contributed by atoms with Crippen LogP contribution >= 0.6 is 7.82 Å². The maximum atomic E-state index is 13.4. The first-order chi connectivity index (χ1) is 32.7. The molecule has 0 amide bonds. The Morgan fingerprint density at radius 2 is 0.971 bits per heavy atom. The minimum atomic E-state index is -5.37. The molecular weight excluding hydrogens is 907 g/mol. The van der Waals surface area contributed by atoms with Gasteiger partial charge in [0.1, 0.15) is 67.6 Å². The molecule has 19 heteroatoms. The van der Waals surface area contributed by atoms with Crippen LogP contribution in [-0.2, 0) is 42.1 Å². The maximum absolute atomic E-state index is 13.4. The lowest BCUT2D eigenvalue weighted by atomic mass is 9.84. The van der Waals surface area contributed by atoms with Gasteiger partial charge in [-0.2, -0.15) is 0 Å². The zero-order valence-corrected chi connectivity index (χ0v) is 42.0. The molecule has 400 valence electrons. The van der Waals surface area contributed by atoms with Crippen molar-refractivity contribution in [1.29, 1.82) is 0 Å². The van der Waals surface area contributed by atoms with Crippen LogP contribution in [0.1, 0.15) is 194 Å². The fourth-order valence-electron chi connectivity index (χ4n) is 8.40. The highest BCUT2D eigenvalue weighted by molar-refractivity contribution is 7.47. The van der Waals surface area contributed by atoms with Crippen LogP contribution in [0.25, 0.3) is 0 Å². The van der Waals surface area contributed by atoms with Gasteiger partial charge in [0.15, 0.2) is 12.4 Å². The Bertz CT molecular complexity index is 1370. The zero-order valence-electron chi connectivity index (χ0n) is 41.1. The molecule has 68 heavy (non-hydrogen) atoms. The monoisotopic (exact) mass is 999 g/mol. The highest BCUT2D eigenvalue weighted by Crippen LogP contribution is 2.48. The van der Waals surface area contributed by atoms with Crippen LogP contribution in [0.4, 0.5) is 0 Å². The molecule has 2 fully saturated rings. The summed E-state index contributed by atoms with van der Waals surface area (Å²) in [5.74, 6) is -1.22. The minimum absolute atomic E-state index is 0.0260. The molecule has 2 aliphatic rings. The number of rotatable bonds is 40. The Labute approximate surface area is 405 Å². The van der Waals surface area contributed by atoms with Gasteiger partial charge in [0.25, 0.3) is 0 Å². The first kappa shape index (κ1) is 62.5. The molecule has 1 aliphatic heterocycles. The first-order valence-corrected chi connectivity index (χ1v) is 27.5. The van der Waals surface area contributed by atoms with E-state index in [1.54, 1.807) is 0 Å². The number of phosphoric ester groups is 1. The molecule has 0 bridgehead atoms. The summed E-state index contributed by atoms with van der Waals surface area (Å²) in [7, 11) is -5.37. The average molecular weight is 999 g/mol. The van der Waals surface area contributed by atoms with Crippen molar-refractivity contribution in [2.75, 3.05) is 19.8 Å². The molecule has 6 unspecified atom stereocenters. The molecule has 0 spiro atoms. The third kappa shape index (κ3) is 25.7. The van der Waals surface area contributed by atoms with E-state index in [4.69, 9.17) is 28.0 Å². The fraction of sp³-hybridized carbons (Fsp3) is 0.918. The second-order valence-electron chi connectivity index (χ2n) is 18.7. The summed E-state index contributed by atoms with van der Waals surface area (Å²) in [5.41, 5.74) is 0. The van der Waals surface area contributed by atoms with Gasteiger partial charge in [-0.05, 0) is 38.5 Å². The molecule has 1 heterocycles. The number of esters is 2. The molecule has 9 N–H and O–H groups in total. The Balaban J connectivity index is 1.94. The molecule has 1 aliphatic carbocycles. The van der Waals surface area contributed by atoms with Crippen LogP contribution in [-0.4, -0.2) is 151 Å². The summed E-state index contributed by atoms with van der Waals surface area (Å²) in [5, 5.41) is 82.9. The number of hydrogen-bond acceptors (Lipinski definition) is 17. The van der Waals surface area contributed by atoms with Crippen molar-refractivity contribution in [3.8, 4) is 0 Å². The summed E-state index contributed by atoms with van der Waals surface area (Å²) < 4.78 is 45.5. The number of ether oxygens (including phenoxy) is 4. The van der Waals surface area contributed by atoms with E-state index in [9.17, 15) is 59.9 Å². The number of carbonyl (C=O) groups is 2. The lowest BCUT2D eigenvalue weighted by Gasteiger charge is -2.47. The first-order valence-electron chi connectivity index (χ1n) is 26.0. The standard InChI is InChI=1S/C49H91O18P/c1-3-5-7-9-11-13-15-17-18-20-22-24-26-28-30-32-39(52)64-36(34-62-38(51)31-29-27-25-23-21-19-16-14-12-10-8-6-4-2)35-63-68(60,61)67-48-45(58)43(56)42(55)44(57)47(48)66-49-46(59)41(54)40(53)37(33-50)65-49/h17-18,36-37,40-50,53-59H,3-16,19-35H2,1-2H3,(H,60,61)/b18-17-/t36-,37?,40-,41?,42-,43?,44?,45?,46-,47-,48-,49-/m1/s1. The third-order valence-corrected chi connectivity index (χ3v) is 13.7. The lowest BCUT2D eigenvalue weighted by Crippen LogP contribution is -2.67. The molecule has 2 rings (SSSR count). The van der Waals surface area contributed by atoms with Crippen LogP contribution in [0.3, 0.4) is 0 Å². The van der Waals surface area contributed by atoms with Crippen molar-refractivity contribution in [2.24, 2.45) is 0 Å². The maximum Gasteiger partial charge on any atom is 0.472 e. The van der Waals surface area contributed by atoms with E-state index in [0.29, 0.717) is 12.8 Å². The number of allylic oxidation sites excluding steroid dienone is 2. The number of aliphatic hydroxyl groups excluding tert-OH is 8. The summed E-state index contributed by atoms with van der Waals surface area (Å²) in [4.78, 5) is 36.5. The smallest absolute Gasteiger partial charge is 0.462 e. The van der Waals surface area contributed by atoms with Gasteiger partial charge < -0.3 is 64.7 Å². The Morgan fingerprint density at radius 1 is 0.544 bits per heavy atom. The lowest BCUT2D eigenvalue weighted by molar-refractivity contribution is -0.338. The Kier molecular flexibility index (Phi) is 34.2. The molecule has 0 aromatic heterocycles. The van der Waals surface area contributed by atoms with Gasteiger partial charge in [-0.3, -0.25) is 18.6 Å². The average Bonchev–Trinajstić information content (AvgIpc) is 3.32. The van der Waals surface area contributed by atoms with Crippen LogP contribution in [0.5, 0.6) is 0 Å². The molecule has 0 aromatic carbocycles. The number of phosphoric acid groups is 1. The Hall–Kier alpha value is -1.61. The number of carbonyl (C=O) groups excluding carboxylic acids is 2. The zero-order chi connectivity index (χ0) is 50.2. The van der Waals surface area contributed by atoms with Crippen molar-refractivity contribution in [2.45, 2.75) is 267 Å². The van der Waals surface area contributed by atoms with Gasteiger partial charge in [0.05, 0.1) is 13.2 Å². The van der Waals surface area contributed by atoms with Crippen LogP contribution < -0.4 is 0 Å². The highest BCUT2D eigenvalue weighted by Gasteiger charge is 2.55. The molecule has 1 saturated heterocycles. The number of unbranched alkanes of at least 4 members (excludes halogenated alkanes) is 23. The molecule has 18 nitrogen and oxygen atoms in total. The van der Waals surface area contributed by atoms with Crippen molar-refractivity contribution in [1.82, 2.24) is 0 Å². The fourth-order valence-corrected chi connectivity index (χ4v) is 9.37. The van der Waals surface area contributed by atoms with E-state index in [2.05, 4.69) is 26.0 Å². The van der Waals surface area contributed by atoms with E-state index in [1.807, 2.05) is 0 Å². The largest absolute Gasteiger partial charge is 0.472 e. The van der Waals surface area contributed by atoms with Crippen LogP contribution in [0, 0.1) is 0 Å². The van der Waals surface area contributed by atoms with Crippen molar-refractivity contribution in [3.63, 3.8) is 0 Å². The summed E-state index contributed by atoms with van der Waals surface area (Å²) in [6.45, 7) is 2.22. The van der Waals surface area contributed by atoms with E-state index < -0.39 is 113 Å². The second kappa shape index (κ2) is 37.2. The number of aliphatic hydroxyl groups is 8. The second-order valence-corrected chi connectivity index (χ2v) is 20.1. The van der Waals surface area contributed by atoms with Gasteiger partial charge in [0.2, 0.25) is 0 Å². The van der Waals surface area contributed by atoms with E-state index in [1.165, 1.54) is 89.9 Å². The van der Waals surface area contributed by atoms with E-state index >= 15 is 0 Å². The predicted octanol–water partition coefficient (Wildman–Crippen LogP) is 6.10. The van der Waals surface area contributed by atoms with E-state index in [0.717, 1.165) is 64.2 Å². The predicted molar refractivity (Wildman–Crippen MR) is 254 cm³/mol. The van der Waals surface area contributed by atoms with Crippen molar-refractivity contribution >= 4 is 19.8 Å². The van der Waals surface area contributed by atoms with Crippen LogP contribution in [0.2, 0.25) is 0 Å². The normalized spacial score (nSPS) is 27.8. The van der Waals surface area contributed by atoms with E-state index in [-0.39, 0.29) is 12.8 Å². The molecule has 1 saturated carbocycles. The third-order valence-electron chi connectivity index (χ3n) is 12.7. The summed E-state index contributed by atoms with van der Waals surface area (Å²) >= 11 is 0. The van der Waals surface area contributed by atoms with Gasteiger partial charge in [-0.15, -0.1) is 0 Å². The molecule has 13 atom stereocenters. The van der Waals surface area contributed by atoms with Gasteiger partial charge in [0, 0.05) is 12.8 Å². The van der Waals surface area contributed by atoms with Crippen LogP contribution in [0.15, 0.2) is 12.2 Å². The SMILES string of the molecule is CCCCCCCC/C=C\CCCCCCCC(=O)O[C@H](COC(=O)CCCCCCCCCCCCCCC)COP(=O)(O)O[C@@H]1C(O)C(O)[C@@H](O)C(O)[C@H]1O[C@H]1OC(CO)[C@@H](O)C(O)[C@H]1O. The quantitative estimate of drug-likeness (QED) is 0.0145.